The van der Waals surface area contributed by atoms with Crippen LogP contribution in [0.25, 0.3) is 6.08 Å². The van der Waals surface area contributed by atoms with Crippen LogP contribution in [0.15, 0.2) is 95.0 Å². The van der Waals surface area contributed by atoms with Crippen molar-refractivity contribution in [3.63, 3.8) is 0 Å². The van der Waals surface area contributed by atoms with Crippen LogP contribution in [0.5, 0.6) is 0 Å². The molecule has 0 aromatic heterocycles. The molecule has 3 aromatic rings. The predicted octanol–water partition coefficient (Wildman–Crippen LogP) is 5.20. The fraction of sp³-hybridized carbons (Fsp3) is 0. The van der Waals surface area contributed by atoms with Crippen molar-refractivity contribution in [3.8, 4) is 0 Å². The van der Waals surface area contributed by atoms with Crippen LogP contribution in [0.2, 0.25) is 0 Å². The van der Waals surface area contributed by atoms with Gasteiger partial charge in [-0.2, -0.15) is 0 Å². The second kappa shape index (κ2) is 8.11. The number of para-hydroxylation sites is 2. The van der Waals surface area contributed by atoms with Gasteiger partial charge in [-0.15, -0.1) is 0 Å². The summed E-state index contributed by atoms with van der Waals surface area (Å²) in [6.07, 6.45) is 1.60. The van der Waals surface area contributed by atoms with Crippen LogP contribution in [-0.2, 0) is 9.59 Å². The zero-order valence-electron chi connectivity index (χ0n) is 15.2. The minimum absolute atomic E-state index is 0.0457. The predicted molar refractivity (Wildman–Crippen MR) is 123 cm³/mol. The maximum atomic E-state index is 13.3. The number of hydrogen-bond donors (Lipinski definition) is 0. The molecule has 0 radical (unpaired) electrons. The van der Waals surface area contributed by atoms with E-state index in [4.69, 9.17) is 12.2 Å². The summed E-state index contributed by atoms with van der Waals surface area (Å²) in [5.74, 6) is -0.892. The summed E-state index contributed by atoms with van der Waals surface area (Å²) in [5.41, 5.74) is 2.00. The van der Waals surface area contributed by atoms with Crippen LogP contribution in [0.1, 0.15) is 5.56 Å². The number of hydrogen-bond acceptors (Lipinski definition) is 3. The SMILES string of the molecule is O=C1C(=Cc2cccc(Br)c2)C(=O)N(c2ccccc2)C(=S)N1c1ccccc1. The molecule has 4 rings (SSSR count). The molecule has 0 bridgehead atoms. The second-order valence-corrected chi connectivity index (χ2v) is 7.63. The van der Waals surface area contributed by atoms with Gasteiger partial charge in [0, 0.05) is 4.47 Å². The lowest BCUT2D eigenvalue weighted by atomic mass is 10.1. The van der Waals surface area contributed by atoms with E-state index in [-0.39, 0.29) is 10.7 Å². The molecule has 6 heteroatoms. The van der Waals surface area contributed by atoms with Crippen LogP contribution < -0.4 is 9.80 Å². The number of benzene rings is 3. The van der Waals surface area contributed by atoms with Gasteiger partial charge in [-0.25, -0.2) is 0 Å². The van der Waals surface area contributed by atoms with E-state index in [1.807, 2.05) is 60.7 Å². The van der Waals surface area contributed by atoms with Gasteiger partial charge < -0.3 is 0 Å². The Kier molecular flexibility index (Phi) is 5.38. The van der Waals surface area contributed by atoms with Crippen molar-refractivity contribution >= 4 is 62.5 Å². The molecule has 4 nitrogen and oxygen atoms in total. The fourth-order valence-electron chi connectivity index (χ4n) is 3.10. The summed E-state index contributed by atoms with van der Waals surface area (Å²) >= 11 is 9.00. The Labute approximate surface area is 182 Å². The van der Waals surface area contributed by atoms with Crippen molar-refractivity contribution in [2.45, 2.75) is 0 Å². The largest absolute Gasteiger partial charge is 0.270 e. The van der Waals surface area contributed by atoms with E-state index in [0.29, 0.717) is 11.4 Å². The number of anilines is 2. The highest BCUT2D eigenvalue weighted by Crippen LogP contribution is 2.29. The number of amides is 2. The normalized spacial score (nSPS) is 14.4. The Balaban J connectivity index is 1.87. The molecule has 3 aromatic carbocycles. The highest BCUT2D eigenvalue weighted by molar-refractivity contribution is 9.10. The standard InChI is InChI=1S/C23H15BrN2O2S/c24-17-9-7-8-16(14-17)15-20-21(27)25(18-10-3-1-4-11-18)23(29)26(22(20)28)19-12-5-2-6-13-19/h1-15H. The van der Waals surface area contributed by atoms with E-state index in [9.17, 15) is 9.59 Å². The molecule has 1 aliphatic rings. The van der Waals surface area contributed by atoms with Gasteiger partial charge in [-0.1, -0.05) is 64.5 Å². The first-order chi connectivity index (χ1) is 14.1. The Morgan fingerprint density at radius 3 is 1.72 bits per heavy atom. The number of carbonyl (C=O) groups excluding carboxylic acids is 2. The molecule has 1 aliphatic heterocycles. The van der Waals surface area contributed by atoms with E-state index in [0.717, 1.165) is 10.0 Å². The average Bonchev–Trinajstić information content (AvgIpc) is 2.73. The van der Waals surface area contributed by atoms with Crippen molar-refractivity contribution in [3.05, 3.63) is 101 Å². The Morgan fingerprint density at radius 2 is 1.24 bits per heavy atom. The lowest BCUT2D eigenvalue weighted by Crippen LogP contribution is -2.56. The Hall–Kier alpha value is -3.09. The molecule has 0 aliphatic carbocycles. The van der Waals surface area contributed by atoms with Gasteiger partial charge in [0.2, 0.25) is 0 Å². The van der Waals surface area contributed by atoms with Gasteiger partial charge >= 0.3 is 0 Å². The fourth-order valence-corrected chi connectivity index (χ4v) is 3.90. The zero-order chi connectivity index (χ0) is 20.4. The number of nitrogens with zero attached hydrogens (tertiary/aromatic N) is 2. The van der Waals surface area contributed by atoms with Gasteiger partial charge in [-0.3, -0.25) is 19.4 Å². The number of halogens is 1. The average molecular weight is 463 g/mol. The highest BCUT2D eigenvalue weighted by Gasteiger charge is 2.41. The van der Waals surface area contributed by atoms with Gasteiger partial charge in [0.1, 0.15) is 5.57 Å². The van der Waals surface area contributed by atoms with Crippen LogP contribution in [0.3, 0.4) is 0 Å². The van der Waals surface area contributed by atoms with Crippen molar-refractivity contribution in [1.82, 2.24) is 0 Å². The van der Waals surface area contributed by atoms with E-state index in [1.54, 1.807) is 30.3 Å². The molecule has 142 valence electrons. The van der Waals surface area contributed by atoms with E-state index < -0.39 is 11.8 Å². The Bertz CT molecular complexity index is 1070. The third-order valence-electron chi connectivity index (χ3n) is 4.44. The molecular formula is C23H15BrN2O2S. The number of rotatable bonds is 3. The second-order valence-electron chi connectivity index (χ2n) is 6.35. The first-order valence-electron chi connectivity index (χ1n) is 8.86. The van der Waals surface area contributed by atoms with Gasteiger partial charge in [0.25, 0.3) is 11.8 Å². The van der Waals surface area contributed by atoms with Crippen LogP contribution in [-0.4, -0.2) is 16.9 Å². The maximum absolute atomic E-state index is 13.3. The summed E-state index contributed by atoms with van der Waals surface area (Å²) in [6.45, 7) is 0. The monoisotopic (exact) mass is 462 g/mol. The molecule has 0 unspecified atom stereocenters. The topological polar surface area (TPSA) is 40.6 Å². The molecule has 0 atom stereocenters. The van der Waals surface area contributed by atoms with Crippen LogP contribution in [0, 0.1) is 0 Å². The molecule has 0 saturated carbocycles. The smallest absolute Gasteiger partial charge is 0.268 e. The summed E-state index contributed by atoms with van der Waals surface area (Å²) < 4.78 is 0.859. The third kappa shape index (κ3) is 3.77. The molecule has 1 fully saturated rings. The zero-order valence-corrected chi connectivity index (χ0v) is 17.6. The minimum atomic E-state index is -0.446. The van der Waals surface area contributed by atoms with Gasteiger partial charge in [0.15, 0.2) is 5.11 Å². The number of carbonyl (C=O) groups is 2. The summed E-state index contributed by atoms with van der Waals surface area (Å²) in [7, 11) is 0. The van der Waals surface area contributed by atoms with E-state index >= 15 is 0 Å². The van der Waals surface area contributed by atoms with Crippen molar-refractivity contribution < 1.29 is 9.59 Å². The molecule has 1 saturated heterocycles. The molecular weight excluding hydrogens is 448 g/mol. The van der Waals surface area contributed by atoms with Crippen LogP contribution >= 0.6 is 28.1 Å². The molecule has 0 N–H and O–H groups in total. The summed E-state index contributed by atoms with van der Waals surface area (Å²) in [4.78, 5) is 29.4. The van der Waals surface area contributed by atoms with Crippen molar-refractivity contribution in [1.29, 1.82) is 0 Å². The lowest BCUT2D eigenvalue weighted by molar-refractivity contribution is -0.120. The molecule has 1 heterocycles. The van der Waals surface area contributed by atoms with E-state index in [2.05, 4.69) is 15.9 Å². The van der Waals surface area contributed by atoms with Gasteiger partial charge in [0.05, 0.1) is 11.4 Å². The summed E-state index contributed by atoms with van der Waals surface area (Å²) in [6, 6.07) is 25.6. The van der Waals surface area contributed by atoms with Crippen molar-refractivity contribution in [2.24, 2.45) is 0 Å². The van der Waals surface area contributed by atoms with Crippen molar-refractivity contribution in [2.75, 3.05) is 9.80 Å². The first kappa shape index (κ1) is 19.2. The number of thiocarbonyl (C=S) groups is 1. The minimum Gasteiger partial charge on any atom is -0.268 e. The summed E-state index contributed by atoms with van der Waals surface area (Å²) in [5, 5.41) is 0.129. The van der Waals surface area contributed by atoms with Crippen LogP contribution in [0.4, 0.5) is 11.4 Å². The lowest BCUT2D eigenvalue weighted by Gasteiger charge is -2.36. The third-order valence-corrected chi connectivity index (χ3v) is 5.30. The quantitative estimate of drug-likeness (QED) is 0.305. The van der Waals surface area contributed by atoms with E-state index in [1.165, 1.54) is 9.80 Å². The van der Waals surface area contributed by atoms with Gasteiger partial charge in [-0.05, 0) is 60.3 Å². The highest BCUT2D eigenvalue weighted by atomic mass is 79.9. The molecule has 0 spiro atoms. The molecule has 2 amide bonds. The molecule has 29 heavy (non-hydrogen) atoms. The first-order valence-corrected chi connectivity index (χ1v) is 10.1. The Morgan fingerprint density at radius 1 is 0.724 bits per heavy atom. The maximum Gasteiger partial charge on any atom is 0.270 e.